The molecule has 0 atom stereocenters. The van der Waals surface area contributed by atoms with Crippen molar-refractivity contribution in [2.24, 2.45) is 0 Å². The number of nitrogens with zero attached hydrogens (tertiary/aromatic N) is 1. The molecule has 1 saturated heterocycles. The van der Waals surface area contributed by atoms with E-state index in [1.165, 1.54) is 28.6 Å². The van der Waals surface area contributed by atoms with Gasteiger partial charge in [0, 0.05) is 19.6 Å². The second-order valence-corrected chi connectivity index (χ2v) is 8.87. The number of hydrogen-bond donors (Lipinski definition) is 2. The molecule has 2 aromatic carbocycles. The zero-order chi connectivity index (χ0) is 21.8. The summed E-state index contributed by atoms with van der Waals surface area (Å²) in [6.07, 6.45) is -1.93. The van der Waals surface area contributed by atoms with E-state index in [2.05, 4.69) is 10.6 Å². The monoisotopic (exact) mass is 441 g/mol. The maximum Gasteiger partial charge on any atom is 0.416 e. The first-order chi connectivity index (χ1) is 14.2. The van der Waals surface area contributed by atoms with Crippen LogP contribution in [0.5, 0.6) is 0 Å². The average Bonchev–Trinajstić information content (AvgIpc) is 2.73. The molecule has 3 rings (SSSR count). The number of para-hydroxylation sites is 1. The Kier molecular flexibility index (Phi) is 6.67. The lowest BCUT2D eigenvalue weighted by molar-refractivity contribution is -0.137. The molecule has 0 radical (unpaired) electrons. The number of halogens is 3. The number of anilines is 1. The van der Waals surface area contributed by atoms with E-state index in [0.717, 1.165) is 31.4 Å². The van der Waals surface area contributed by atoms with Crippen molar-refractivity contribution >= 4 is 21.7 Å². The Hall–Kier alpha value is -2.59. The molecule has 2 aromatic rings. The van der Waals surface area contributed by atoms with Gasteiger partial charge in [-0.1, -0.05) is 30.7 Å². The van der Waals surface area contributed by atoms with Crippen LogP contribution in [0.1, 0.15) is 30.4 Å². The lowest BCUT2D eigenvalue weighted by Crippen LogP contribution is -2.36. The minimum atomic E-state index is -4.47. The molecular formula is C20H22F3N3O3S. The molecule has 0 bridgehead atoms. The molecule has 0 saturated carbocycles. The summed E-state index contributed by atoms with van der Waals surface area (Å²) in [5.41, 5.74) is -0.418. The van der Waals surface area contributed by atoms with Gasteiger partial charge in [-0.2, -0.15) is 17.5 Å². The van der Waals surface area contributed by atoms with Crippen LogP contribution in [0.25, 0.3) is 0 Å². The van der Waals surface area contributed by atoms with Gasteiger partial charge >= 0.3 is 12.2 Å². The van der Waals surface area contributed by atoms with Crippen LogP contribution in [-0.4, -0.2) is 31.8 Å². The topological polar surface area (TPSA) is 78.5 Å². The molecule has 0 aromatic heterocycles. The molecule has 10 heteroatoms. The molecule has 1 aliphatic heterocycles. The van der Waals surface area contributed by atoms with Crippen LogP contribution in [0.15, 0.2) is 53.4 Å². The van der Waals surface area contributed by atoms with Crippen LogP contribution in [0.2, 0.25) is 0 Å². The first-order valence-corrected chi connectivity index (χ1v) is 10.9. The molecule has 1 heterocycles. The van der Waals surface area contributed by atoms with Crippen LogP contribution < -0.4 is 10.6 Å². The molecule has 1 fully saturated rings. The number of carbonyl (C=O) groups is 1. The number of piperidine rings is 1. The smallest absolute Gasteiger partial charge is 0.334 e. The molecule has 2 N–H and O–H groups in total. The zero-order valence-electron chi connectivity index (χ0n) is 16.1. The summed E-state index contributed by atoms with van der Waals surface area (Å²) in [6.45, 7) is 0.716. The molecule has 0 spiro atoms. The van der Waals surface area contributed by atoms with Gasteiger partial charge in [0.05, 0.1) is 11.3 Å². The van der Waals surface area contributed by atoms with Gasteiger partial charge in [0.1, 0.15) is 4.90 Å². The molecule has 1 aliphatic rings. The molecule has 6 nitrogen and oxygen atoms in total. The van der Waals surface area contributed by atoms with E-state index in [1.807, 2.05) is 0 Å². The fourth-order valence-electron chi connectivity index (χ4n) is 3.25. The number of rotatable bonds is 5. The number of benzene rings is 2. The van der Waals surface area contributed by atoms with Crippen LogP contribution in [0.4, 0.5) is 23.7 Å². The number of sulfonamides is 1. The molecule has 0 aliphatic carbocycles. The average molecular weight is 441 g/mol. The molecular weight excluding hydrogens is 419 g/mol. The first-order valence-electron chi connectivity index (χ1n) is 9.48. The van der Waals surface area contributed by atoms with E-state index in [4.69, 9.17) is 0 Å². The second kappa shape index (κ2) is 9.05. The van der Waals surface area contributed by atoms with Crippen molar-refractivity contribution in [3.05, 3.63) is 59.7 Å². The number of alkyl halides is 3. The van der Waals surface area contributed by atoms with Gasteiger partial charge in [0.15, 0.2) is 0 Å². The molecule has 30 heavy (non-hydrogen) atoms. The van der Waals surface area contributed by atoms with Crippen molar-refractivity contribution in [3.63, 3.8) is 0 Å². The highest BCUT2D eigenvalue weighted by molar-refractivity contribution is 7.89. The lowest BCUT2D eigenvalue weighted by Gasteiger charge is -2.26. The maximum atomic E-state index is 12.9. The summed E-state index contributed by atoms with van der Waals surface area (Å²) in [7, 11) is -3.76. The fraction of sp³-hybridized carbons (Fsp3) is 0.350. The Morgan fingerprint density at radius 1 is 1.00 bits per heavy atom. The lowest BCUT2D eigenvalue weighted by atomic mass is 10.1. The van der Waals surface area contributed by atoms with Gasteiger partial charge in [-0.15, -0.1) is 0 Å². The summed E-state index contributed by atoms with van der Waals surface area (Å²) in [5, 5.41) is 4.95. The van der Waals surface area contributed by atoms with Crippen molar-refractivity contribution in [1.82, 2.24) is 9.62 Å². The van der Waals surface area contributed by atoms with E-state index in [9.17, 15) is 26.4 Å². The summed E-state index contributed by atoms with van der Waals surface area (Å²) in [4.78, 5) is 12.3. The van der Waals surface area contributed by atoms with E-state index in [0.29, 0.717) is 13.1 Å². The summed E-state index contributed by atoms with van der Waals surface area (Å²) < 4.78 is 65.7. The Bertz CT molecular complexity index is 1000. The Morgan fingerprint density at radius 3 is 2.40 bits per heavy atom. The maximum absolute atomic E-state index is 12.9. The van der Waals surface area contributed by atoms with Crippen LogP contribution in [-0.2, 0) is 22.7 Å². The van der Waals surface area contributed by atoms with Crippen molar-refractivity contribution in [3.8, 4) is 0 Å². The zero-order valence-corrected chi connectivity index (χ0v) is 16.9. The number of amides is 2. The predicted octanol–water partition coefficient (Wildman–Crippen LogP) is 4.20. The van der Waals surface area contributed by atoms with Crippen molar-refractivity contribution < 1.29 is 26.4 Å². The van der Waals surface area contributed by atoms with Crippen LogP contribution in [0, 0.1) is 0 Å². The SMILES string of the molecule is O=C(NCc1cccc(C(F)(F)F)c1)Nc1ccccc1S(=O)(=O)N1CCCCC1. The third kappa shape index (κ3) is 5.31. The van der Waals surface area contributed by atoms with Gasteiger partial charge < -0.3 is 10.6 Å². The largest absolute Gasteiger partial charge is 0.416 e. The van der Waals surface area contributed by atoms with E-state index in [1.54, 1.807) is 12.1 Å². The molecule has 0 unspecified atom stereocenters. The van der Waals surface area contributed by atoms with E-state index < -0.39 is 27.8 Å². The minimum absolute atomic E-state index is 0.0129. The third-order valence-corrected chi connectivity index (χ3v) is 6.73. The Labute approximate surface area is 173 Å². The molecule has 2 amide bonds. The van der Waals surface area contributed by atoms with Gasteiger partial charge in [-0.3, -0.25) is 0 Å². The fourth-order valence-corrected chi connectivity index (χ4v) is 4.91. The number of carbonyl (C=O) groups excluding carboxylic acids is 1. The third-order valence-electron chi connectivity index (χ3n) is 4.78. The van der Waals surface area contributed by atoms with Crippen LogP contribution in [0.3, 0.4) is 0 Å². The summed E-state index contributed by atoms with van der Waals surface area (Å²) in [6, 6.07) is 9.98. The Morgan fingerprint density at radius 2 is 1.70 bits per heavy atom. The summed E-state index contributed by atoms with van der Waals surface area (Å²) >= 11 is 0. The van der Waals surface area contributed by atoms with Gasteiger partial charge in [-0.05, 0) is 42.7 Å². The standard InChI is InChI=1S/C20H22F3N3O3S/c21-20(22,23)16-8-6-7-15(13-16)14-24-19(27)25-17-9-2-3-10-18(17)30(28,29)26-11-4-1-5-12-26/h2-3,6-10,13H,1,4-5,11-12,14H2,(H2,24,25,27). The van der Waals surface area contributed by atoms with Crippen molar-refractivity contribution in [1.29, 1.82) is 0 Å². The van der Waals surface area contributed by atoms with E-state index >= 15 is 0 Å². The van der Waals surface area contributed by atoms with Crippen LogP contribution >= 0.6 is 0 Å². The number of nitrogens with one attached hydrogen (secondary N) is 2. The quantitative estimate of drug-likeness (QED) is 0.730. The van der Waals surface area contributed by atoms with Crippen molar-refractivity contribution in [2.75, 3.05) is 18.4 Å². The predicted molar refractivity (Wildman–Crippen MR) is 106 cm³/mol. The Balaban J connectivity index is 1.69. The summed E-state index contributed by atoms with van der Waals surface area (Å²) in [5.74, 6) is 0. The normalized spacial score (nSPS) is 15.6. The molecule has 162 valence electrons. The van der Waals surface area contributed by atoms with Gasteiger partial charge in [-0.25, -0.2) is 13.2 Å². The number of urea groups is 1. The highest BCUT2D eigenvalue weighted by Crippen LogP contribution is 2.30. The van der Waals surface area contributed by atoms with Gasteiger partial charge in [0.25, 0.3) is 0 Å². The highest BCUT2D eigenvalue weighted by atomic mass is 32.2. The number of hydrogen-bond acceptors (Lipinski definition) is 3. The van der Waals surface area contributed by atoms with Gasteiger partial charge in [0.2, 0.25) is 10.0 Å². The first kappa shape index (κ1) is 22.1. The minimum Gasteiger partial charge on any atom is -0.334 e. The second-order valence-electron chi connectivity index (χ2n) is 6.97. The van der Waals surface area contributed by atoms with Crippen molar-refractivity contribution in [2.45, 2.75) is 36.9 Å². The van der Waals surface area contributed by atoms with E-state index in [-0.39, 0.29) is 22.7 Å². The highest BCUT2D eigenvalue weighted by Gasteiger charge is 2.30.